The number of carbonyl (C=O) groups is 1. The second kappa shape index (κ2) is 6.71. The van der Waals surface area contributed by atoms with Crippen molar-refractivity contribution in [2.24, 2.45) is 5.92 Å². The zero-order valence-electron chi connectivity index (χ0n) is 12.3. The Labute approximate surface area is 116 Å². The Morgan fingerprint density at radius 2 is 2.16 bits per heavy atom. The molecule has 110 valence electrons. The number of aliphatic hydroxyl groups is 1. The number of likely N-dealkylation sites (tertiary alicyclic amines) is 1. The minimum atomic E-state index is -0.156. The highest BCUT2D eigenvalue weighted by Gasteiger charge is 2.41. The van der Waals surface area contributed by atoms with Crippen molar-refractivity contribution in [1.29, 1.82) is 0 Å². The van der Waals surface area contributed by atoms with E-state index in [2.05, 4.69) is 17.1 Å². The summed E-state index contributed by atoms with van der Waals surface area (Å²) in [5.74, 6) is 0.519. The lowest BCUT2D eigenvalue weighted by atomic mass is 9.93. The Balaban J connectivity index is 1.95. The largest absolute Gasteiger partial charge is 0.393 e. The van der Waals surface area contributed by atoms with Crippen molar-refractivity contribution in [1.82, 2.24) is 10.2 Å². The minimum Gasteiger partial charge on any atom is -0.393 e. The Morgan fingerprint density at radius 3 is 2.79 bits per heavy atom. The van der Waals surface area contributed by atoms with Crippen LogP contribution in [0, 0.1) is 5.92 Å². The van der Waals surface area contributed by atoms with Gasteiger partial charge in [0, 0.05) is 18.5 Å². The van der Waals surface area contributed by atoms with Crippen molar-refractivity contribution in [2.45, 2.75) is 70.6 Å². The first-order valence-electron chi connectivity index (χ1n) is 7.86. The van der Waals surface area contributed by atoms with Gasteiger partial charge in [0.05, 0.1) is 12.1 Å². The van der Waals surface area contributed by atoms with E-state index < -0.39 is 0 Å². The van der Waals surface area contributed by atoms with E-state index in [0.717, 1.165) is 51.6 Å². The van der Waals surface area contributed by atoms with Gasteiger partial charge in [-0.05, 0) is 45.6 Å². The molecule has 1 amide bonds. The predicted molar refractivity (Wildman–Crippen MR) is 75.8 cm³/mol. The van der Waals surface area contributed by atoms with Crippen LogP contribution in [0.4, 0.5) is 0 Å². The lowest BCUT2D eigenvalue weighted by Crippen LogP contribution is -2.50. The first-order chi connectivity index (χ1) is 9.15. The van der Waals surface area contributed by atoms with Gasteiger partial charge in [0.25, 0.3) is 0 Å². The SMILES string of the molecule is CCCNC(=O)C(C)N1CCCC1C1CCCC1O. The lowest BCUT2D eigenvalue weighted by molar-refractivity contribution is -0.126. The number of rotatable bonds is 5. The molecule has 0 aromatic heterocycles. The van der Waals surface area contributed by atoms with Gasteiger partial charge in [-0.25, -0.2) is 0 Å². The molecular formula is C15H28N2O2. The third-order valence-electron chi connectivity index (χ3n) is 4.79. The van der Waals surface area contributed by atoms with Gasteiger partial charge in [-0.2, -0.15) is 0 Å². The second-order valence-corrected chi connectivity index (χ2v) is 6.08. The van der Waals surface area contributed by atoms with Crippen molar-refractivity contribution in [3.63, 3.8) is 0 Å². The van der Waals surface area contributed by atoms with Gasteiger partial charge < -0.3 is 10.4 Å². The molecule has 0 radical (unpaired) electrons. The molecule has 0 aromatic rings. The van der Waals surface area contributed by atoms with Crippen molar-refractivity contribution in [2.75, 3.05) is 13.1 Å². The van der Waals surface area contributed by atoms with E-state index in [1.807, 2.05) is 6.92 Å². The van der Waals surface area contributed by atoms with Crippen LogP contribution in [0.1, 0.15) is 52.4 Å². The zero-order valence-corrected chi connectivity index (χ0v) is 12.3. The number of nitrogens with zero attached hydrogens (tertiary/aromatic N) is 1. The lowest BCUT2D eigenvalue weighted by Gasteiger charge is -2.34. The fraction of sp³-hybridized carbons (Fsp3) is 0.933. The average Bonchev–Trinajstić information content (AvgIpc) is 3.02. The number of nitrogens with one attached hydrogen (secondary N) is 1. The molecule has 1 aliphatic carbocycles. The number of hydrogen-bond acceptors (Lipinski definition) is 3. The van der Waals surface area contributed by atoms with Crippen LogP contribution in [0.15, 0.2) is 0 Å². The highest BCUT2D eigenvalue weighted by molar-refractivity contribution is 5.81. The first kappa shape index (κ1) is 14.8. The summed E-state index contributed by atoms with van der Waals surface area (Å²) in [6, 6.07) is 0.340. The smallest absolute Gasteiger partial charge is 0.237 e. The molecule has 19 heavy (non-hydrogen) atoms. The van der Waals surface area contributed by atoms with Crippen LogP contribution in [0.3, 0.4) is 0 Å². The molecule has 2 rings (SSSR count). The number of amides is 1. The summed E-state index contributed by atoms with van der Waals surface area (Å²) < 4.78 is 0. The molecular weight excluding hydrogens is 240 g/mol. The molecule has 1 aliphatic heterocycles. The maximum absolute atomic E-state index is 12.1. The Hall–Kier alpha value is -0.610. The van der Waals surface area contributed by atoms with Crippen molar-refractivity contribution >= 4 is 5.91 Å². The van der Waals surface area contributed by atoms with Crippen LogP contribution < -0.4 is 5.32 Å². The Morgan fingerprint density at radius 1 is 1.37 bits per heavy atom. The Bertz CT molecular complexity index is 309. The molecule has 2 N–H and O–H groups in total. The van der Waals surface area contributed by atoms with Gasteiger partial charge in [-0.3, -0.25) is 9.69 Å². The van der Waals surface area contributed by atoms with E-state index in [1.165, 1.54) is 0 Å². The average molecular weight is 268 g/mol. The molecule has 0 bridgehead atoms. The number of aliphatic hydroxyl groups excluding tert-OH is 1. The maximum Gasteiger partial charge on any atom is 0.237 e. The summed E-state index contributed by atoms with van der Waals surface area (Å²) in [5.41, 5.74) is 0. The van der Waals surface area contributed by atoms with Crippen LogP contribution in [-0.2, 0) is 4.79 Å². The molecule has 4 unspecified atom stereocenters. The number of carbonyl (C=O) groups excluding carboxylic acids is 1. The van der Waals surface area contributed by atoms with E-state index in [-0.39, 0.29) is 18.1 Å². The van der Waals surface area contributed by atoms with E-state index in [1.54, 1.807) is 0 Å². The highest BCUT2D eigenvalue weighted by Crippen LogP contribution is 2.36. The third-order valence-corrected chi connectivity index (χ3v) is 4.79. The fourth-order valence-electron chi connectivity index (χ4n) is 3.72. The first-order valence-corrected chi connectivity index (χ1v) is 7.86. The molecule has 2 aliphatic rings. The predicted octanol–water partition coefficient (Wildman–Crippen LogP) is 1.53. The molecule has 4 heteroatoms. The van der Waals surface area contributed by atoms with Crippen molar-refractivity contribution in [3.05, 3.63) is 0 Å². The van der Waals surface area contributed by atoms with E-state index in [9.17, 15) is 9.90 Å². The van der Waals surface area contributed by atoms with E-state index in [4.69, 9.17) is 0 Å². The second-order valence-electron chi connectivity index (χ2n) is 6.08. The highest BCUT2D eigenvalue weighted by atomic mass is 16.3. The topological polar surface area (TPSA) is 52.6 Å². The van der Waals surface area contributed by atoms with E-state index >= 15 is 0 Å². The number of hydrogen-bond donors (Lipinski definition) is 2. The summed E-state index contributed by atoms with van der Waals surface area (Å²) in [6.45, 7) is 5.82. The molecule has 0 aromatic carbocycles. The molecule has 1 heterocycles. The molecule has 1 saturated carbocycles. The maximum atomic E-state index is 12.1. The molecule has 0 spiro atoms. The van der Waals surface area contributed by atoms with Gasteiger partial charge in [0.2, 0.25) is 5.91 Å². The van der Waals surface area contributed by atoms with Gasteiger partial charge in [-0.15, -0.1) is 0 Å². The van der Waals surface area contributed by atoms with Crippen LogP contribution >= 0.6 is 0 Å². The monoisotopic (exact) mass is 268 g/mol. The summed E-state index contributed by atoms with van der Waals surface area (Å²) in [6.07, 6.45) is 6.29. The van der Waals surface area contributed by atoms with Crippen LogP contribution in [0.25, 0.3) is 0 Å². The summed E-state index contributed by atoms with van der Waals surface area (Å²) in [7, 11) is 0. The minimum absolute atomic E-state index is 0.0631. The zero-order chi connectivity index (χ0) is 13.8. The fourth-order valence-corrected chi connectivity index (χ4v) is 3.72. The van der Waals surface area contributed by atoms with Gasteiger partial charge in [-0.1, -0.05) is 13.3 Å². The quantitative estimate of drug-likeness (QED) is 0.795. The normalized spacial score (nSPS) is 33.5. The third kappa shape index (κ3) is 3.29. The summed E-state index contributed by atoms with van der Waals surface area (Å²) in [5, 5.41) is 13.1. The molecule has 4 nitrogen and oxygen atoms in total. The Kier molecular flexibility index (Phi) is 5.22. The standard InChI is InChI=1S/C15H28N2O2/c1-3-9-16-15(19)11(2)17-10-5-7-13(17)12-6-4-8-14(12)18/h11-14,18H,3-10H2,1-2H3,(H,16,19). The van der Waals surface area contributed by atoms with Crippen molar-refractivity contribution in [3.8, 4) is 0 Å². The van der Waals surface area contributed by atoms with Crippen molar-refractivity contribution < 1.29 is 9.90 Å². The molecule has 4 atom stereocenters. The molecule has 2 fully saturated rings. The van der Waals surface area contributed by atoms with E-state index in [0.29, 0.717) is 12.0 Å². The van der Waals surface area contributed by atoms with Gasteiger partial charge >= 0.3 is 0 Å². The van der Waals surface area contributed by atoms with Gasteiger partial charge in [0.15, 0.2) is 0 Å². The molecule has 1 saturated heterocycles. The van der Waals surface area contributed by atoms with Crippen LogP contribution in [0.5, 0.6) is 0 Å². The van der Waals surface area contributed by atoms with Gasteiger partial charge in [0.1, 0.15) is 0 Å². The summed E-state index contributed by atoms with van der Waals surface area (Å²) in [4.78, 5) is 14.4. The van der Waals surface area contributed by atoms with Crippen LogP contribution in [-0.4, -0.2) is 47.2 Å². The van der Waals surface area contributed by atoms with Crippen LogP contribution in [0.2, 0.25) is 0 Å². The summed E-state index contributed by atoms with van der Waals surface area (Å²) >= 11 is 0.